The van der Waals surface area contributed by atoms with Crippen LogP contribution in [0.3, 0.4) is 0 Å². The molecule has 1 aromatic carbocycles. The Morgan fingerprint density at radius 3 is 2.48 bits per heavy atom. The Bertz CT molecular complexity index is 1140. The molecule has 0 spiro atoms. The predicted octanol–water partition coefficient (Wildman–Crippen LogP) is 1.03. The average Bonchev–Trinajstić information content (AvgIpc) is 3.57. The van der Waals surface area contributed by atoms with Crippen LogP contribution in [0.15, 0.2) is 23.1 Å². The van der Waals surface area contributed by atoms with E-state index < -0.39 is 40.4 Å². The molecule has 0 atom stereocenters. The highest BCUT2D eigenvalue weighted by Crippen LogP contribution is 2.38. The van der Waals surface area contributed by atoms with E-state index in [0.717, 1.165) is 18.9 Å². The number of rotatable bonds is 6. The number of pyridine rings is 1. The number of nitrogens with zero attached hydrogens (tertiary/aromatic N) is 4. The van der Waals surface area contributed by atoms with Gasteiger partial charge in [-0.05, 0) is 25.0 Å². The van der Waals surface area contributed by atoms with Gasteiger partial charge in [-0.3, -0.25) is 9.59 Å². The Kier molecular flexibility index (Phi) is 5.21. The number of hydrogen-bond acceptors (Lipinski definition) is 7. The fourth-order valence-electron chi connectivity index (χ4n) is 3.80. The van der Waals surface area contributed by atoms with Crippen molar-refractivity contribution in [1.29, 1.82) is 0 Å². The summed E-state index contributed by atoms with van der Waals surface area (Å²) in [5.74, 6) is -2.54. The molecular weight excluding hydrogens is 415 g/mol. The van der Waals surface area contributed by atoms with E-state index in [4.69, 9.17) is 0 Å². The lowest BCUT2D eigenvalue weighted by atomic mass is 10.1. The zero-order chi connectivity index (χ0) is 22.3. The van der Waals surface area contributed by atoms with Crippen molar-refractivity contribution in [3.05, 3.63) is 50.0 Å². The zero-order valence-corrected chi connectivity index (χ0v) is 16.3. The van der Waals surface area contributed by atoms with Gasteiger partial charge < -0.3 is 24.3 Å². The Hall–Kier alpha value is -3.70. The molecule has 2 aromatic rings. The molecule has 1 saturated heterocycles. The van der Waals surface area contributed by atoms with Crippen LogP contribution in [0, 0.1) is 15.9 Å². The van der Waals surface area contributed by atoms with E-state index >= 15 is 0 Å². The smallest absolute Gasteiger partial charge is 0.341 e. The fourth-order valence-corrected chi connectivity index (χ4v) is 3.80. The van der Waals surface area contributed by atoms with Gasteiger partial charge in [0, 0.05) is 43.8 Å². The average molecular weight is 434 g/mol. The topological polar surface area (TPSA) is 135 Å². The van der Waals surface area contributed by atoms with Crippen LogP contribution in [0.1, 0.15) is 29.2 Å². The van der Waals surface area contributed by atoms with Gasteiger partial charge in [0.15, 0.2) is 6.61 Å². The molecule has 0 radical (unpaired) electrons. The number of carboxylic acid groups (broad SMARTS) is 1. The molecule has 1 aromatic heterocycles. The van der Waals surface area contributed by atoms with Gasteiger partial charge in [-0.25, -0.2) is 9.18 Å². The van der Waals surface area contributed by atoms with Crippen LogP contribution in [0.25, 0.3) is 10.9 Å². The van der Waals surface area contributed by atoms with Crippen molar-refractivity contribution in [3.63, 3.8) is 0 Å². The van der Waals surface area contributed by atoms with Crippen LogP contribution in [-0.4, -0.2) is 64.3 Å². The van der Waals surface area contributed by atoms with Gasteiger partial charge in [0.25, 0.3) is 5.09 Å². The second-order valence-electron chi connectivity index (χ2n) is 7.50. The minimum atomic E-state index is -1.35. The molecule has 2 fully saturated rings. The summed E-state index contributed by atoms with van der Waals surface area (Å²) in [6.07, 6.45) is 3.01. The van der Waals surface area contributed by atoms with E-state index in [9.17, 15) is 34.0 Å². The molecule has 1 saturated carbocycles. The molecule has 31 heavy (non-hydrogen) atoms. The number of hydrogen-bond donors (Lipinski definition) is 1. The van der Waals surface area contributed by atoms with Crippen molar-refractivity contribution in [1.82, 2.24) is 9.47 Å². The molecule has 1 N–H and O–H groups in total. The van der Waals surface area contributed by atoms with Crippen LogP contribution in [-0.2, 0) is 9.63 Å². The molecule has 2 aliphatic rings. The van der Waals surface area contributed by atoms with Gasteiger partial charge in [0.05, 0.1) is 11.2 Å². The number of carboxylic acids is 1. The Labute approximate surface area is 174 Å². The maximum atomic E-state index is 14.9. The van der Waals surface area contributed by atoms with Crippen LogP contribution in [0.2, 0.25) is 0 Å². The number of benzene rings is 1. The summed E-state index contributed by atoms with van der Waals surface area (Å²) in [5.41, 5.74) is -0.411. The van der Waals surface area contributed by atoms with Gasteiger partial charge in [0.1, 0.15) is 11.4 Å². The molecule has 1 aliphatic heterocycles. The van der Waals surface area contributed by atoms with E-state index in [1.807, 2.05) is 0 Å². The standard InChI is InChI=1S/C19H19FN4O7/c20-14-7-12-15(23(11-1-2-11)9-13(18(12)26)19(27)28)8-16(14)21-3-5-22(6-4-21)17(25)10-31-24(29)30/h7-9,11H,1-6,10H2,(H,27,28). The second-order valence-corrected chi connectivity index (χ2v) is 7.50. The fraction of sp³-hybridized carbons (Fsp3) is 0.421. The number of amides is 1. The minimum Gasteiger partial charge on any atom is -0.477 e. The quantitative estimate of drug-likeness (QED) is 0.526. The summed E-state index contributed by atoms with van der Waals surface area (Å²) in [7, 11) is 0. The van der Waals surface area contributed by atoms with Gasteiger partial charge >= 0.3 is 5.97 Å². The van der Waals surface area contributed by atoms with Crippen molar-refractivity contribution < 1.29 is 29.0 Å². The number of fused-ring (bicyclic) bond motifs is 1. The molecule has 164 valence electrons. The maximum absolute atomic E-state index is 14.9. The first-order valence-electron chi connectivity index (χ1n) is 9.68. The number of anilines is 1. The third-order valence-electron chi connectivity index (χ3n) is 5.54. The SMILES string of the molecule is O=C(O)c1cn(C2CC2)c2cc(N3CCN(C(=O)CO[N+](=O)[O-])CC3)c(F)cc2c1=O. The van der Waals surface area contributed by atoms with Crippen molar-refractivity contribution in [2.24, 2.45) is 0 Å². The molecule has 0 bridgehead atoms. The highest BCUT2D eigenvalue weighted by atomic mass is 19.1. The first-order chi connectivity index (χ1) is 14.8. The number of piperazine rings is 1. The van der Waals surface area contributed by atoms with Crippen LogP contribution in [0.4, 0.5) is 10.1 Å². The van der Waals surface area contributed by atoms with Crippen molar-refractivity contribution in [2.75, 3.05) is 37.7 Å². The second kappa shape index (κ2) is 7.85. The van der Waals surface area contributed by atoms with E-state index in [-0.39, 0.29) is 43.3 Å². The Morgan fingerprint density at radius 2 is 1.90 bits per heavy atom. The monoisotopic (exact) mass is 434 g/mol. The highest BCUT2D eigenvalue weighted by Gasteiger charge is 2.29. The number of halogens is 1. The van der Waals surface area contributed by atoms with Crippen LogP contribution < -0.4 is 10.3 Å². The third-order valence-corrected chi connectivity index (χ3v) is 5.54. The summed E-state index contributed by atoms with van der Waals surface area (Å²) in [6, 6.07) is 2.68. The lowest BCUT2D eigenvalue weighted by Gasteiger charge is -2.36. The lowest BCUT2D eigenvalue weighted by Crippen LogP contribution is -2.50. The van der Waals surface area contributed by atoms with E-state index in [1.54, 1.807) is 15.5 Å². The summed E-state index contributed by atoms with van der Waals surface area (Å²) in [5, 5.41) is 18.5. The summed E-state index contributed by atoms with van der Waals surface area (Å²) in [6.45, 7) is 0.355. The van der Waals surface area contributed by atoms with Crippen molar-refractivity contribution in [3.8, 4) is 0 Å². The maximum Gasteiger partial charge on any atom is 0.341 e. The van der Waals surface area contributed by atoms with Gasteiger partial charge in [-0.2, -0.15) is 0 Å². The normalized spacial score (nSPS) is 16.4. The molecule has 1 aliphatic carbocycles. The molecule has 11 nitrogen and oxygen atoms in total. The summed E-state index contributed by atoms with van der Waals surface area (Å²) in [4.78, 5) is 53.4. The van der Waals surface area contributed by atoms with Crippen LogP contribution >= 0.6 is 0 Å². The highest BCUT2D eigenvalue weighted by molar-refractivity contribution is 5.93. The molecule has 4 rings (SSSR count). The number of aromatic carboxylic acids is 1. The van der Waals surface area contributed by atoms with E-state index in [2.05, 4.69) is 4.84 Å². The summed E-state index contributed by atoms with van der Waals surface area (Å²) >= 11 is 0. The Balaban J connectivity index is 1.62. The minimum absolute atomic E-state index is 0.0128. The number of aromatic nitrogens is 1. The number of carbonyl (C=O) groups is 2. The van der Waals surface area contributed by atoms with Crippen molar-refractivity contribution >= 4 is 28.5 Å². The van der Waals surface area contributed by atoms with E-state index in [0.29, 0.717) is 5.52 Å². The number of carbonyl (C=O) groups excluding carboxylic acids is 1. The molecule has 0 unspecified atom stereocenters. The van der Waals surface area contributed by atoms with Gasteiger partial charge in [-0.15, -0.1) is 10.1 Å². The van der Waals surface area contributed by atoms with Crippen LogP contribution in [0.5, 0.6) is 0 Å². The molecule has 1 amide bonds. The largest absolute Gasteiger partial charge is 0.477 e. The summed E-state index contributed by atoms with van der Waals surface area (Å²) < 4.78 is 16.6. The molecule has 2 heterocycles. The first kappa shape index (κ1) is 20.6. The lowest BCUT2D eigenvalue weighted by molar-refractivity contribution is -0.754. The predicted molar refractivity (Wildman–Crippen MR) is 105 cm³/mol. The van der Waals surface area contributed by atoms with Gasteiger partial charge in [-0.1, -0.05) is 0 Å². The van der Waals surface area contributed by atoms with Gasteiger partial charge in [0.2, 0.25) is 11.3 Å². The Morgan fingerprint density at radius 1 is 1.23 bits per heavy atom. The first-order valence-corrected chi connectivity index (χ1v) is 9.68. The van der Waals surface area contributed by atoms with Crippen molar-refractivity contribution in [2.45, 2.75) is 18.9 Å². The molecular formula is C19H19FN4O7. The third kappa shape index (κ3) is 4.00. The zero-order valence-electron chi connectivity index (χ0n) is 16.3. The van der Waals surface area contributed by atoms with E-state index in [1.165, 1.54) is 11.1 Å². The molecule has 12 heteroatoms.